The fourth-order valence-corrected chi connectivity index (χ4v) is 1.47. The van der Waals surface area contributed by atoms with Crippen molar-refractivity contribution in [2.24, 2.45) is 0 Å². The Labute approximate surface area is 84.2 Å². The molecule has 0 spiro atoms. The molecule has 1 aromatic carbocycles. The lowest BCUT2D eigenvalue weighted by Gasteiger charge is -2.03. The third-order valence-corrected chi connectivity index (χ3v) is 2.36. The number of hydrogen-bond donors (Lipinski definition) is 0. The zero-order valence-corrected chi connectivity index (χ0v) is 8.35. The second kappa shape index (κ2) is 4.09. The van der Waals surface area contributed by atoms with Crippen molar-refractivity contribution in [3.63, 3.8) is 0 Å². The maximum absolute atomic E-state index is 4.02. The van der Waals surface area contributed by atoms with Crippen LogP contribution in [0.2, 0.25) is 0 Å². The van der Waals surface area contributed by atoms with Gasteiger partial charge in [-0.15, -0.1) is 0 Å². The molecule has 1 aromatic heterocycles. The van der Waals surface area contributed by atoms with Gasteiger partial charge in [-0.1, -0.05) is 31.2 Å². The van der Waals surface area contributed by atoms with Crippen LogP contribution < -0.4 is 0 Å². The van der Waals surface area contributed by atoms with E-state index >= 15 is 0 Å². The Bertz CT molecular complexity index is 373. The van der Waals surface area contributed by atoms with Crippen molar-refractivity contribution >= 4 is 0 Å². The number of benzene rings is 1. The summed E-state index contributed by atoms with van der Waals surface area (Å²) in [5.41, 5.74) is 2.71. The van der Waals surface area contributed by atoms with E-state index in [0.29, 0.717) is 0 Å². The molecule has 0 N–H and O–H groups in total. The molecule has 0 unspecified atom stereocenters. The zero-order chi connectivity index (χ0) is 9.80. The third kappa shape index (κ3) is 2.02. The first-order valence-corrected chi connectivity index (χ1v) is 4.92. The van der Waals surface area contributed by atoms with Crippen molar-refractivity contribution in [2.75, 3.05) is 0 Å². The summed E-state index contributed by atoms with van der Waals surface area (Å²) in [6.07, 6.45) is 6.73. The molecule has 2 nitrogen and oxygen atoms in total. The van der Waals surface area contributed by atoms with E-state index in [-0.39, 0.29) is 0 Å². The summed E-state index contributed by atoms with van der Waals surface area (Å²) in [7, 11) is 0. The number of aryl methyl sites for hydroxylation is 1. The Hall–Kier alpha value is -1.57. The molecule has 0 atom stereocenters. The van der Waals surface area contributed by atoms with Crippen molar-refractivity contribution in [2.45, 2.75) is 19.9 Å². The van der Waals surface area contributed by atoms with Gasteiger partial charge in [-0.3, -0.25) is 0 Å². The van der Waals surface area contributed by atoms with E-state index in [4.69, 9.17) is 0 Å². The van der Waals surface area contributed by atoms with Crippen molar-refractivity contribution in [1.82, 2.24) is 9.55 Å². The van der Waals surface area contributed by atoms with Gasteiger partial charge in [0.25, 0.3) is 0 Å². The number of rotatable bonds is 3. The molecule has 0 fully saturated rings. The van der Waals surface area contributed by atoms with Gasteiger partial charge in [0.15, 0.2) is 0 Å². The van der Waals surface area contributed by atoms with Crippen LogP contribution in [-0.2, 0) is 13.0 Å². The van der Waals surface area contributed by atoms with Crippen LogP contribution in [0.3, 0.4) is 0 Å². The minimum atomic E-state index is 0.907. The van der Waals surface area contributed by atoms with E-state index < -0.39 is 0 Å². The highest BCUT2D eigenvalue weighted by Crippen LogP contribution is 2.06. The summed E-state index contributed by atoms with van der Waals surface area (Å²) in [6.45, 7) is 3.08. The predicted molar refractivity (Wildman–Crippen MR) is 57.1 cm³/mol. The first-order valence-electron chi connectivity index (χ1n) is 4.92. The quantitative estimate of drug-likeness (QED) is 0.720. The fourth-order valence-electron chi connectivity index (χ4n) is 1.47. The average molecular weight is 186 g/mol. The summed E-state index contributed by atoms with van der Waals surface area (Å²) in [5.74, 6) is 0. The third-order valence-electron chi connectivity index (χ3n) is 2.36. The molecule has 0 aliphatic carbocycles. The van der Waals surface area contributed by atoms with Gasteiger partial charge in [0, 0.05) is 18.9 Å². The molecule has 0 bridgehead atoms. The van der Waals surface area contributed by atoms with E-state index in [1.165, 1.54) is 11.1 Å². The Morgan fingerprint density at radius 3 is 2.43 bits per heavy atom. The average Bonchev–Trinajstić information content (AvgIpc) is 2.72. The summed E-state index contributed by atoms with van der Waals surface area (Å²) in [6, 6.07) is 8.73. The second-order valence-electron chi connectivity index (χ2n) is 3.41. The highest BCUT2D eigenvalue weighted by atomic mass is 15.0. The van der Waals surface area contributed by atoms with E-state index in [0.717, 1.165) is 13.0 Å². The van der Waals surface area contributed by atoms with Crippen molar-refractivity contribution in [3.05, 3.63) is 54.1 Å². The molecule has 0 aliphatic heterocycles. The maximum atomic E-state index is 4.02. The highest BCUT2D eigenvalue weighted by Gasteiger charge is 1.94. The first-order chi connectivity index (χ1) is 6.88. The Balaban J connectivity index is 2.10. The van der Waals surface area contributed by atoms with Crippen molar-refractivity contribution in [3.8, 4) is 0 Å². The highest BCUT2D eigenvalue weighted by molar-refractivity contribution is 5.22. The van der Waals surface area contributed by atoms with Gasteiger partial charge in [-0.25, -0.2) is 4.98 Å². The van der Waals surface area contributed by atoms with E-state index in [1.807, 2.05) is 12.5 Å². The van der Waals surface area contributed by atoms with Crippen molar-refractivity contribution in [1.29, 1.82) is 0 Å². The normalized spacial score (nSPS) is 10.4. The molecule has 0 saturated heterocycles. The Morgan fingerprint density at radius 2 is 1.86 bits per heavy atom. The largest absolute Gasteiger partial charge is 0.333 e. The summed E-state index contributed by atoms with van der Waals surface area (Å²) >= 11 is 0. The van der Waals surface area contributed by atoms with Gasteiger partial charge in [0.05, 0.1) is 6.33 Å². The van der Waals surface area contributed by atoms with Crippen LogP contribution in [0.4, 0.5) is 0 Å². The molecule has 2 rings (SSSR count). The van der Waals surface area contributed by atoms with Crippen LogP contribution in [-0.4, -0.2) is 9.55 Å². The Kier molecular flexibility index (Phi) is 2.63. The van der Waals surface area contributed by atoms with Crippen LogP contribution in [0.15, 0.2) is 43.0 Å². The monoisotopic (exact) mass is 186 g/mol. The SMILES string of the molecule is CCc1ccc(Cn2ccnc2)cc1. The van der Waals surface area contributed by atoms with Crippen LogP contribution in [0, 0.1) is 0 Å². The Morgan fingerprint density at radius 1 is 1.14 bits per heavy atom. The van der Waals surface area contributed by atoms with Gasteiger partial charge in [0.2, 0.25) is 0 Å². The number of nitrogens with zero attached hydrogens (tertiary/aromatic N) is 2. The molecule has 0 amide bonds. The lowest BCUT2D eigenvalue weighted by molar-refractivity contribution is 0.797. The van der Waals surface area contributed by atoms with Crippen molar-refractivity contribution < 1.29 is 0 Å². The first kappa shape index (κ1) is 9.00. The zero-order valence-electron chi connectivity index (χ0n) is 8.35. The lowest BCUT2D eigenvalue weighted by atomic mass is 10.1. The molecule has 2 aromatic rings. The van der Waals surface area contributed by atoms with Gasteiger partial charge < -0.3 is 4.57 Å². The van der Waals surface area contributed by atoms with Gasteiger partial charge in [0.1, 0.15) is 0 Å². The predicted octanol–water partition coefficient (Wildman–Crippen LogP) is 2.49. The van der Waals surface area contributed by atoms with Crippen LogP contribution >= 0.6 is 0 Å². The smallest absolute Gasteiger partial charge is 0.0949 e. The minimum absolute atomic E-state index is 0.907. The second-order valence-corrected chi connectivity index (χ2v) is 3.41. The van der Waals surface area contributed by atoms with Gasteiger partial charge in [-0.2, -0.15) is 0 Å². The molecule has 14 heavy (non-hydrogen) atoms. The molecular formula is C12H14N2. The van der Waals surface area contributed by atoms with E-state index in [1.54, 1.807) is 6.20 Å². The summed E-state index contributed by atoms with van der Waals surface area (Å²) in [4.78, 5) is 4.02. The summed E-state index contributed by atoms with van der Waals surface area (Å²) in [5, 5.41) is 0. The molecule has 2 heteroatoms. The standard InChI is InChI=1S/C12H14N2/c1-2-11-3-5-12(6-4-11)9-14-8-7-13-10-14/h3-8,10H,2,9H2,1H3. The van der Waals surface area contributed by atoms with Crippen LogP contribution in [0.25, 0.3) is 0 Å². The van der Waals surface area contributed by atoms with Gasteiger partial charge in [-0.05, 0) is 17.5 Å². The van der Waals surface area contributed by atoms with Gasteiger partial charge >= 0.3 is 0 Å². The number of aromatic nitrogens is 2. The molecule has 0 saturated carbocycles. The molecule has 0 aliphatic rings. The molecule has 1 heterocycles. The van der Waals surface area contributed by atoms with Crippen LogP contribution in [0.5, 0.6) is 0 Å². The fraction of sp³-hybridized carbons (Fsp3) is 0.250. The minimum Gasteiger partial charge on any atom is -0.333 e. The van der Waals surface area contributed by atoms with Crippen LogP contribution in [0.1, 0.15) is 18.1 Å². The molecule has 72 valence electrons. The summed E-state index contributed by atoms with van der Waals surface area (Å²) < 4.78 is 2.07. The van der Waals surface area contributed by atoms with E-state index in [9.17, 15) is 0 Å². The topological polar surface area (TPSA) is 17.8 Å². The molecular weight excluding hydrogens is 172 g/mol. The lowest BCUT2D eigenvalue weighted by Crippen LogP contribution is -1.96. The molecule has 0 radical (unpaired) electrons. The number of imidazole rings is 1. The maximum Gasteiger partial charge on any atom is 0.0949 e. The van der Waals surface area contributed by atoms with E-state index in [2.05, 4.69) is 40.7 Å². The number of hydrogen-bond acceptors (Lipinski definition) is 1.